The third-order valence-electron chi connectivity index (χ3n) is 2.94. The smallest absolute Gasteiger partial charge is 0.150 e. The Bertz CT molecular complexity index is 567. The number of hydrogen-bond acceptors (Lipinski definition) is 2. The molecule has 0 radical (unpaired) electrons. The van der Waals surface area contributed by atoms with Crippen molar-refractivity contribution in [3.05, 3.63) is 53.7 Å². The van der Waals surface area contributed by atoms with Gasteiger partial charge in [0.2, 0.25) is 0 Å². The lowest BCUT2D eigenvalue weighted by atomic mass is 9.86. The molecule has 0 aliphatic heterocycles. The van der Waals surface area contributed by atoms with Gasteiger partial charge in [-0.3, -0.25) is 9.78 Å². The highest BCUT2D eigenvalue weighted by molar-refractivity contribution is 5.77. The van der Waals surface area contributed by atoms with Crippen LogP contribution in [0.2, 0.25) is 0 Å². The zero-order chi connectivity index (χ0) is 13.2. The Morgan fingerprint density at radius 3 is 2.56 bits per heavy atom. The summed E-state index contributed by atoms with van der Waals surface area (Å²) >= 11 is 0. The molecule has 0 saturated heterocycles. The van der Waals surface area contributed by atoms with Crippen LogP contribution in [0.1, 0.15) is 36.7 Å². The van der Waals surface area contributed by atoms with Crippen LogP contribution in [0.15, 0.2) is 42.6 Å². The Kier molecular flexibility index (Phi) is 3.28. The van der Waals surface area contributed by atoms with Gasteiger partial charge in [0.05, 0.1) is 5.69 Å². The summed E-state index contributed by atoms with van der Waals surface area (Å²) in [5, 5.41) is 0. The fraction of sp³-hybridized carbons (Fsp3) is 0.250. The second kappa shape index (κ2) is 4.73. The van der Waals surface area contributed by atoms with Crippen molar-refractivity contribution < 1.29 is 4.79 Å². The van der Waals surface area contributed by atoms with Crippen molar-refractivity contribution in [2.75, 3.05) is 0 Å². The number of rotatable bonds is 2. The van der Waals surface area contributed by atoms with Crippen molar-refractivity contribution in [1.82, 2.24) is 4.98 Å². The number of hydrogen-bond donors (Lipinski definition) is 0. The van der Waals surface area contributed by atoms with Gasteiger partial charge in [0.15, 0.2) is 0 Å². The summed E-state index contributed by atoms with van der Waals surface area (Å²) in [6.45, 7) is 6.55. The Morgan fingerprint density at radius 1 is 1.11 bits per heavy atom. The molecule has 0 N–H and O–H groups in total. The molecule has 0 bridgehead atoms. The van der Waals surface area contributed by atoms with Gasteiger partial charge in [-0.05, 0) is 29.2 Å². The van der Waals surface area contributed by atoms with E-state index in [9.17, 15) is 4.79 Å². The van der Waals surface area contributed by atoms with Gasteiger partial charge >= 0.3 is 0 Å². The molecule has 0 unspecified atom stereocenters. The van der Waals surface area contributed by atoms with E-state index in [0.717, 1.165) is 17.5 Å². The zero-order valence-corrected chi connectivity index (χ0v) is 11.0. The monoisotopic (exact) mass is 239 g/mol. The summed E-state index contributed by atoms with van der Waals surface area (Å²) in [7, 11) is 0. The second-order valence-corrected chi connectivity index (χ2v) is 5.42. The van der Waals surface area contributed by atoms with Crippen LogP contribution in [0, 0.1) is 0 Å². The van der Waals surface area contributed by atoms with Gasteiger partial charge in [-0.2, -0.15) is 0 Å². The van der Waals surface area contributed by atoms with Gasteiger partial charge < -0.3 is 0 Å². The van der Waals surface area contributed by atoms with Crippen LogP contribution in [-0.4, -0.2) is 11.3 Å². The molecule has 1 heterocycles. The molecule has 0 aliphatic carbocycles. The number of aldehydes is 1. The number of carbonyl (C=O) groups is 1. The zero-order valence-electron chi connectivity index (χ0n) is 11.0. The lowest BCUT2D eigenvalue weighted by molar-refractivity contribution is 0.112. The topological polar surface area (TPSA) is 30.0 Å². The van der Waals surface area contributed by atoms with Gasteiger partial charge in [0, 0.05) is 17.3 Å². The SMILES string of the molecule is CC(C)(C)c1cccc(-c2cc(C=O)ccn2)c1. The molecule has 0 atom stereocenters. The Labute approximate surface area is 108 Å². The van der Waals surface area contributed by atoms with Crippen LogP contribution < -0.4 is 0 Å². The summed E-state index contributed by atoms with van der Waals surface area (Å²) in [5.41, 5.74) is 3.91. The predicted molar refractivity (Wildman–Crippen MR) is 73.8 cm³/mol. The third kappa shape index (κ3) is 2.65. The molecule has 2 nitrogen and oxygen atoms in total. The highest BCUT2D eigenvalue weighted by Crippen LogP contribution is 2.26. The molecule has 92 valence electrons. The molecule has 1 aromatic heterocycles. The van der Waals surface area contributed by atoms with Gasteiger partial charge in [-0.1, -0.05) is 39.0 Å². The average Bonchev–Trinajstić information content (AvgIpc) is 2.38. The summed E-state index contributed by atoms with van der Waals surface area (Å²) in [5.74, 6) is 0. The Morgan fingerprint density at radius 2 is 1.89 bits per heavy atom. The normalized spacial score (nSPS) is 11.3. The van der Waals surface area contributed by atoms with E-state index >= 15 is 0 Å². The van der Waals surface area contributed by atoms with Gasteiger partial charge in [-0.25, -0.2) is 0 Å². The van der Waals surface area contributed by atoms with E-state index < -0.39 is 0 Å². The highest BCUT2D eigenvalue weighted by atomic mass is 16.1. The first-order chi connectivity index (χ1) is 8.50. The van der Waals surface area contributed by atoms with Crippen molar-refractivity contribution in [2.45, 2.75) is 26.2 Å². The molecule has 0 amide bonds. The first-order valence-corrected chi connectivity index (χ1v) is 6.03. The number of carbonyl (C=O) groups excluding carboxylic acids is 1. The van der Waals surface area contributed by atoms with Crippen LogP contribution in [0.4, 0.5) is 0 Å². The molecule has 2 rings (SSSR count). The van der Waals surface area contributed by atoms with Gasteiger partial charge in [0.25, 0.3) is 0 Å². The van der Waals surface area contributed by atoms with E-state index in [-0.39, 0.29) is 5.41 Å². The molecular formula is C16H17NO. The summed E-state index contributed by atoms with van der Waals surface area (Å²) in [6, 6.07) is 11.8. The first kappa shape index (κ1) is 12.5. The van der Waals surface area contributed by atoms with E-state index in [4.69, 9.17) is 0 Å². The minimum atomic E-state index is 0.109. The molecule has 2 heteroatoms. The average molecular weight is 239 g/mol. The number of nitrogens with zero attached hydrogens (tertiary/aromatic N) is 1. The Balaban J connectivity index is 2.47. The van der Waals surface area contributed by atoms with Crippen molar-refractivity contribution in [3.8, 4) is 11.3 Å². The van der Waals surface area contributed by atoms with E-state index in [1.165, 1.54) is 5.56 Å². The Hall–Kier alpha value is -1.96. The van der Waals surface area contributed by atoms with Crippen LogP contribution in [0.25, 0.3) is 11.3 Å². The molecular weight excluding hydrogens is 222 g/mol. The number of aromatic nitrogens is 1. The van der Waals surface area contributed by atoms with E-state index in [2.05, 4.69) is 37.9 Å². The fourth-order valence-corrected chi connectivity index (χ4v) is 1.82. The quantitative estimate of drug-likeness (QED) is 0.745. The largest absolute Gasteiger partial charge is 0.298 e. The first-order valence-electron chi connectivity index (χ1n) is 6.03. The van der Waals surface area contributed by atoms with Crippen LogP contribution in [-0.2, 0) is 5.41 Å². The number of benzene rings is 1. The van der Waals surface area contributed by atoms with Crippen LogP contribution in [0.5, 0.6) is 0 Å². The standard InChI is InChI=1S/C16H17NO/c1-16(2,3)14-6-4-5-13(10-14)15-9-12(11-18)7-8-17-15/h4-11H,1-3H3. The minimum absolute atomic E-state index is 0.109. The molecule has 2 aromatic rings. The van der Waals surface area contributed by atoms with Gasteiger partial charge in [-0.15, -0.1) is 0 Å². The molecule has 18 heavy (non-hydrogen) atoms. The maximum atomic E-state index is 10.8. The summed E-state index contributed by atoms with van der Waals surface area (Å²) < 4.78 is 0. The van der Waals surface area contributed by atoms with Gasteiger partial charge in [0.1, 0.15) is 6.29 Å². The molecule has 0 fully saturated rings. The minimum Gasteiger partial charge on any atom is -0.298 e. The highest BCUT2D eigenvalue weighted by Gasteiger charge is 2.14. The summed E-state index contributed by atoms with van der Waals surface area (Å²) in [4.78, 5) is 15.1. The molecule has 0 spiro atoms. The van der Waals surface area contributed by atoms with Crippen molar-refractivity contribution in [3.63, 3.8) is 0 Å². The lowest BCUT2D eigenvalue weighted by Crippen LogP contribution is -2.10. The van der Waals surface area contributed by atoms with Crippen molar-refractivity contribution in [2.24, 2.45) is 0 Å². The fourth-order valence-electron chi connectivity index (χ4n) is 1.82. The number of pyridine rings is 1. The van der Waals surface area contributed by atoms with E-state index in [0.29, 0.717) is 5.56 Å². The van der Waals surface area contributed by atoms with E-state index in [1.54, 1.807) is 12.3 Å². The van der Waals surface area contributed by atoms with Crippen LogP contribution in [0.3, 0.4) is 0 Å². The predicted octanol–water partition coefficient (Wildman–Crippen LogP) is 3.86. The summed E-state index contributed by atoms with van der Waals surface area (Å²) in [6.07, 6.45) is 2.52. The van der Waals surface area contributed by atoms with Crippen molar-refractivity contribution >= 4 is 6.29 Å². The van der Waals surface area contributed by atoms with E-state index in [1.807, 2.05) is 18.2 Å². The maximum absolute atomic E-state index is 10.8. The molecule has 0 saturated carbocycles. The molecule has 0 aliphatic rings. The maximum Gasteiger partial charge on any atom is 0.150 e. The van der Waals surface area contributed by atoms with Crippen LogP contribution >= 0.6 is 0 Å². The second-order valence-electron chi connectivity index (χ2n) is 5.42. The lowest BCUT2D eigenvalue weighted by Gasteiger charge is -2.19. The third-order valence-corrected chi connectivity index (χ3v) is 2.94. The molecule has 1 aromatic carbocycles. The van der Waals surface area contributed by atoms with Crippen molar-refractivity contribution in [1.29, 1.82) is 0 Å².